The van der Waals surface area contributed by atoms with Crippen LogP contribution in [0.2, 0.25) is 0 Å². The second-order valence-corrected chi connectivity index (χ2v) is 5.60. The van der Waals surface area contributed by atoms with E-state index in [9.17, 15) is 19.7 Å². The molecule has 0 saturated carbocycles. The number of hydrogen-bond donors (Lipinski definition) is 1. The van der Waals surface area contributed by atoms with Gasteiger partial charge in [-0.3, -0.25) is 14.9 Å². The van der Waals surface area contributed by atoms with Gasteiger partial charge in [-0.25, -0.2) is 4.79 Å². The van der Waals surface area contributed by atoms with Gasteiger partial charge >= 0.3 is 11.0 Å². The highest BCUT2D eigenvalue weighted by atomic mass is 32.1. The van der Waals surface area contributed by atoms with Gasteiger partial charge in [0.1, 0.15) is 4.88 Å². The van der Waals surface area contributed by atoms with E-state index in [1.807, 2.05) is 0 Å². The zero-order valence-corrected chi connectivity index (χ0v) is 11.5. The van der Waals surface area contributed by atoms with Crippen LogP contribution in [0.5, 0.6) is 0 Å². The zero-order valence-electron chi connectivity index (χ0n) is 9.88. The van der Waals surface area contributed by atoms with Crippen molar-refractivity contribution in [3.63, 3.8) is 0 Å². The molecule has 7 nitrogen and oxygen atoms in total. The zero-order chi connectivity index (χ0) is 14.2. The van der Waals surface area contributed by atoms with Gasteiger partial charge in [0.2, 0.25) is 5.91 Å². The summed E-state index contributed by atoms with van der Waals surface area (Å²) < 4.78 is 5.70. The second-order valence-electron chi connectivity index (χ2n) is 3.51. The number of carbonyl (C=O) groups excluding carboxylic acids is 2. The molecule has 0 spiro atoms. The largest absolute Gasteiger partial charge is 0.465 e. The molecule has 1 amide bonds. The van der Waals surface area contributed by atoms with Crippen molar-refractivity contribution in [2.24, 2.45) is 0 Å². The van der Waals surface area contributed by atoms with Crippen molar-refractivity contribution in [3.8, 4) is 0 Å². The normalized spacial score (nSPS) is 10.4. The summed E-state index contributed by atoms with van der Waals surface area (Å²) in [4.78, 5) is 33.2. The van der Waals surface area contributed by atoms with E-state index in [0.29, 0.717) is 9.40 Å². The number of nitro groups is 1. The summed E-state index contributed by atoms with van der Waals surface area (Å²) in [6.07, 6.45) is 0. The molecule has 0 aliphatic heterocycles. The van der Waals surface area contributed by atoms with Crippen molar-refractivity contribution >= 4 is 54.6 Å². The number of fused-ring (bicyclic) bond motifs is 1. The van der Waals surface area contributed by atoms with Crippen LogP contribution >= 0.6 is 22.7 Å². The first-order chi connectivity index (χ1) is 8.93. The lowest BCUT2D eigenvalue weighted by Crippen LogP contribution is -2.09. The Kier molecular flexibility index (Phi) is 3.49. The number of carbonyl (C=O) groups is 2. The van der Waals surface area contributed by atoms with Gasteiger partial charge < -0.3 is 10.1 Å². The van der Waals surface area contributed by atoms with Crippen LogP contribution in [0.4, 0.5) is 10.7 Å². The summed E-state index contributed by atoms with van der Waals surface area (Å²) in [5.41, 5.74) is 0.275. The molecule has 2 aromatic heterocycles. The number of rotatable bonds is 3. The number of thiophene rings is 2. The van der Waals surface area contributed by atoms with Gasteiger partial charge in [-0.15, -0.1) is 11.3 Å². The molecule has 0 aromatic carbocycles. The topological polar surface area (TPSA) is 98.5 Å². The lowest BCUT2D eigenvalue weighted by Gasteiger charge is -2.02. The predicted octanol–water partition coefficient (Wildman–Crippen LogP) is 2.62. The van der Waals surface area contributed by atoms with E-state index in [1.165, 1.54) is 20.1 Å². The molecule has 19 heavy (non-hydrogen) atoms. The number of amides is 1. The Bertz CT molecular complexity index is 687. The Morgan fingerprint density at radius 3 is 2.63 bits per heavy atom. The smallest absolute Gasteiger partial charge is 0.350 e. The lowest BCUT2D eigenvalue weighted by molar-refractivity contribution is -0.380. The van der Waals surface area contributed by atoms with Gasteiger partial charge in [-0.1, -0.05) is 11.3 Å². The van der Waals surface area contributed by atoms with E-state index < -0.39 is 10.9 Å². The summed E-state index contributed by atoms with van der Waals surface area (Å²) in [6.45, 7) is 1.30. The minimum Gasteiger partial charge on any atom is -0.465 e. The molecule has 0 unspecified atom stereocenters. The van der Waals surface area contributed by atoms with Crippen molar-refractivity contribution in [2.45, 2.75) is 6.92 Å². The molecule has 1 N–H and O–H groups in total. The number of methoxy groups -OCH3 is 1. The molecule has 0 saturated heterocycles. The van der Waals surface area contributed by atoms with Gasteiger partial charge in [-0.2, -0.15) is 0 Å². The van der Waals surface area contributed by atoms with Crippen LogP contribution < -0.4 is 5.32 Å². The summed E-state index contributed by atoms with van der Waals surface area (Å²) >= 11 is 1.97. The molecule has 0 aliphatic carbocycles. The highest BCUT2D eigenvalue weighted by Gasteiger charge is 2.24. The first-order valence-electron chi connectivity index (χ1n) is 5.00. The Morgan fingerprint density at radius 2 is 2.11 bits per heavy atom. The van der Waals surface area contributed by atoms with Crippen LogP contribution in [0.25, 0.3) is 9.40 Å². The molecule has 0 fully saturated rings. The number of esters is 1. The number of ether oxygens (including phenoxy) is 1. The molecule has 0 radical (unpaired) electrons. The third kappa shape index (κ3) is 2.42. The standard InChI is InChI=1S/C10H8N2O5S2/c1-4(13)11-7-8-5(3-6(19-8)12(15)16)18-9(7)10(14)17-2/h3H,1-2H3,(H,11,13). The first kappa shape index (κ1) is 13.4. The van der Waals surface area contributed by atoms with Crippen molar-refractivity contribution in [1.29, 1.82) is 0 Å². The third-order valence-corrected chi connectivity index (χ3v) is 4.55. The fourth-order valence-corrected chi connectivity index (χ4v) is 3.76. The first-order valence-corrected chi connectivity index (χ1v) is 6.64. The highest BCUT2D eigenvalue weighted by molar-refractivity contribution is 7.31. The summed E-state index contributed by atoms with van der Waals surface area (Å²) in [7, 11) is 1.23. The van der Waals surface area contributed by atoms with Gasteiger partial charge in [-0.05, 0) is 0 Å². The van der Waals surface area contributed by atoms with Crippen LogP contribution in [-0.4, -0.2) is 23.9 Å². The molecular weight excluding hydrogens is 292 g/mol. The number of hydrogen-bond acceptors (Lipinski definition) is 7. The Balaban J connectivity index is 2.63. The van der Waals surface area contributed by atoms with Crippen LogP contribution in [-0.2, 0) is 9.53 Å². The highest BCUT2D eigenvalue weighted by Crippen LogP contribution is 2.44. The Labute approximate surface area is 114 Å². The van der Waals surface area contributed by atoms with E-state index in [2.05, 4.69) is 10.1 Å². The fourth-order valence-electron chi connectivity index (χ4n) is 1.49. The van der Waals surface area contributed by atoms with Crippen LogP contribution in [0, 0.1) is 10.1 Å². The number of nitrogens with one attached hydrogen (secondary N) is 1. The quantitative estimate of drug-likeness (QED) is 0.533. The minimum absolute atomic E-state index is 0.0377. The van der Waals surface area contributed by atoms with Gasteiger partial charge in [0.25, 0.3) is 0 Å². The minimum atomic E-state index is -0.584. The summed E-state index contributed by atoms with van der Waals surface area (Å²) in [5.74, 6) is -0.944. The Morgan fingerprint density at radius 1 is 1.42 bits per heavy atom. The third-order valence-electron chi connectivity index (χ3n) is 2.20. The molecule has 100 valence electrons. The molecule has 2 aromatic rings. The van der Waals surface area contributed by atoms with Crippen molar-refractivity contribution in [1.82, 2.24) is 0 Å². The maximum atomic E-state index is 11.6. The molecule has 0 aliphatic rings. The van der Waals surface area contributed by atoms with E-state index >= 15 is 0 Å². The average molecular weight is 300 g/mol. The van der Waals surface area contributed by atoms with Gasteiger partial charge in [0.05, 0.1) is 27.1 Å². The summed E-state index contributed by atoms with van der Waals surface area (Å²) in [5, 5.41) is 13.2. The molecule has 2 heterocycles. The van der Waals surface area contributed by atoms with E-state index in [0.717, 1.165) is 22.7 Å². The van der Waals surface area contributed by atoms with Crippen LogP contribution in [0.1, 0.15) is 16.6 Å². The average Bonchev–Trinajstić information content (AvgIpc) is 2.87. The van der Waals surface area contributed by atoms with Crippen LogP contribution in [0.3, 0.4) is 0 Å². The maximum absolute atomic E-state index is 11.6. The van der Waals surface area contributed by atoms with E-state index in [4.69, 9.17) is 0 Å². The monoisotopic (exact) mass is 300 g/mol. The molecule has 9 heteroatoms. The lowest BCUT2D eigenvalue weighted by atomic mass is 10.3. The fraction of sp³-hybridized carbons (Fsp3) is 0.200. The van der Waals surface area contributed by atoms with Crippen LogP contribution in [0.15, 0.2) is 6.07 Å². The SMILES string of the molecule is COC(=O)c1sc2cc([N+](=O)[O-])sc2c1NC(C)=O. The van der Waals surface area contributed by atoms with Crippen molar-refractivity contribution < 1.29 is 19.2 Å². The molecule has 2 rings (SSSR count). The number of anilines is 1. The molecular formula is C10H8N2O5S2. The summed E-state index contributed by atoms with van der Waals surface area (Å²) in [6, 6.07) is 1.38. The van der Waals surface area contributed by atoms with Crippen molar-refractivity contribution in [3.05, 3.63) is 21.1 Å². The molecule has 0 bridgehead atoms. The number of nitrogens with zero attached hydrogens (tertiary/aromatic N) is 1. The van der Waals surface area contributed by atoms with E-state index in [1.54, 1.807) is 0 Å². The maximum Gasteiger partial charge on any atom is 0.350 e. The van der Waals surface area contributed by atoms with Gasteiger partial charge in [0.15, 0.2) is 0 Å². The second kappa shape index (κ2) is 4.94. The predicted molar refractivity (Wildman–Crippen MR) is 72.0 cm³/mol. The van der Waals surface area contributed by atoms with Crippen molar-refractivity contribution in [2.75, 3.05) is 12.4 Å². The Hall–Kier alpha value is -2.00. The van der Waals surface area contributed by atoms with E-state index in [-0.39, 0.29) is 21.5 Å². The molecule has 0 atom stereocenters. The van der Waals surface area contributed by atoms with Gasteiger partial charge in [0, 0.05) is 13.0 Å².